The lowest BCUT2D eigenvalue weighted by Gasteiger charge is -2.42. The highest BCUT2D eigenvalue weighted by atomic mass is 16.5. The number of methoxy groups -OCH3 is 1. The number of hydrogen-bond acceptors (Lipinski definition) is 3. The zero-order chi connectivity index (χ0) is 15.5. The summed E-state index contributed by atoms with van der Waals surface area (Å²) in [5, 5.41) is 11.0. The highest BCUT2D eigenvalue weighted by molar-refractivity contribution is 5.37. The van der Waals surface area contributed by atoms with Crippen LogP contribution in [-0.2, 0) is 4.74 Å². The predicted octanol–water partition coefficient (Wildman–Crippen LogP) is 4.10. The summed E-state index contributed by atoms with van der Waals surface area (Å²) in [5.41, 5.74) is 0.343. The van der Waals surface area contributed by atoms with E-state index in [1.54, 1.807) is 7.11 Å². The second kappa shape index (κ2) is 6.80. The van der Waals surface area contributed by atoms with Gasteiger partial charge >= 0.3 is 0 Å². The Labute approximate surface area is 128 Å². The summed E-state index contributed by atoms with van der Waals surface area (Å²) >= 11 is 0. The first-order valence-corrected chi connectivity index (χ1v) is 7.97. The molecular formula is C18H28O3. The average molecular weight is 292 g/mol. The maximum absolute atomic E-state index is 11.0. The van der Waals surface area contributed by atoms with E-state index in [4.69, 9.17) is 9.47 Å². The summed E-state index contributed by atoms with van der Waals surface area (Å²) in [6, 6.07) is 7.76. The van der Waals surface area contributed by atoms with E-state index in [-0.39, 0.29) is 6.10 Å². The maximum atomic E-state index is 11.0. The van der Waals surface area contributed by atoms with Crippen molar-refractivity contribution in [3.05, 3.63) is 29.8 Å². The Bertz CT molecular complexity index is 458. The van der Waals surface area contributed by atoms with Crippen molar-refractivity contribution in [2.24, 2.45) is 5.92 Å². The van der Waals surface area contributed by atoms with Crippen molar-refractivity contribution in [2.45, 2.75) is 64.3 Å². The van der Waals surface area contributed by atoms with Gasteiger partial charge in [-0.2, -0.15) is 0 Å². The third kappa shape index (κ3) is 3.58. The second-order valence-corrected chi connectivity index (χ2v) is 6.58. The van der Waals surface area contributed by atoms with E-state index in [0.29, 0.717) is 5.92 Å². The zero-order valence-corrected chi connectivity index (χ0v) is 13.6. The molecule has 1 aromatic rings. The van der Waals surface area contributed by atoms with Gasteiger partial charge in [0, 0.05) is 12.7 Å². The van der Waals surface area contributed by atoms with Crippen molar-refractivity contribution in [1.29, 1.82) is 0 Å². The van der Waals surface area contributed by atoms with Crippen LogP contribution in [0, 0.1) is 5.92 Å². The molecule has 3 heteroatoms. The number of ether oxygens (including phenoxy) is 2. The van der Waals surface area contributed by atoms with Crippen LogP contribution in [0.5, 0.6) is 5.75 Å². The first-order chi connectivity index (χ1) is 9.98. The lowest BCUT2D eigenvalue weighted by atomic mass is 9.74. The molecule has 0 amide bonds. The van der Waals surface area contributed by atoms with Crippen molar-refractivity contribution < 1.29 is 14.6 Å². The molecule has 1 N–H and O–H groups in total. The lowest BCUT2D eigenvalue weighted by Crippen LogP contribution is -2.42. The van der Waals surface area contributed by atoms with Crippen LogP contribution in [0.25, 0.3) is 0 Å². The highest BCUT2D eigenvalue weighted by Crippen LogP contribution is 2.45. The van der Waals surface area contributed by atoms with Gasteiger partial charge in [-0.3, -0.25) is 0 Å². The summed E-state index contributed by atoms with van der Waals surface area (Å²) in [4.78, 5) is 0. The molecule has 0 spiro atoms. The molecule has 0 aromatic heterocycles. The van der Waals surface area contributed by atoms with Gasteiger partial charge in [0.15, 0.2) is 0 Å². The second-order valence-electron chi connectivity index (χ2n) is 6.58. The Hall–Kier alpha value is -1.06. The van der Waals surface area contributed by atoms with Crippen molar-refractivity contribution >= 4 is 0 Å². The minimum atomic E-state index is -0.653. The number of benzene rings is 1. The molecule has 3 atom stereocenters. The van der Waals surface area contributed by atoms with E-state index < -0.39 is 11.7 Å². The number of para-hydroxylation sites is 1. The van der Waals surface area contributed by atoms with Gasteiger partial charge in [-0.1, -0.05) is 38.0 Å². The van der Waals surface area contributed by atoms with Gasteiger partial charge in [-0.05, 0) is 38.7 Å². The maximum Gasteiger partial charge on any atom is 0.125 e. The van der Waals surface area contributed by atoms with Crippen molar-refractivity contribution in [1.82, 2.24) is 0 Å². The molecule has 0 bridgehead atoms. The van der Waals surface area contributed by atoms with Crippen LogP contribution in [0.4, 0.5) is 0 Å². The summed E-state index contributed by atoms with van der Waals surface area (Å²) in [7, 11) is 1.72. The molecule has 1 aliphatic rings. The fourth-order valence-electron chi connectivity index (χ4n) is 3.44. The molecule has 0 heterocycles. The van der Waals surface area contributed by atoms with E-state index in [1.807, 2.05) is 38.1 Å². The molecule has 2 rings (SSSR count). The molecule has 0 saturated heterocycles. The topological polar surface area (TPSA) is 38.7 Å². The molecule has 3 nitrogen and oxygen atoms in total. The quantitative estimate of drug-likeness (QED) is 0.888. The molecular weight excluding hydrogens is 264 g/mol. The van der Waals surface area contributed by atoms with E-state index in [2.05, 4.69) is 6.92 Å². The monoisotopic (exact) mass is 292 g/mol. The molecule has 1 aromatic carbocycles. The van der Waals surface area contributed by atoms with Gasteiger partial charge in [-0.25, -0.2) is 0 Å². The Morgan fingerprint density at radius 3 is 2.62 bits per heavy atom. The standard InChI is InChI=1S/C18H28O3/c1-13(2)21-16-10-6-5-9-15(16)17(19)18(20-4)11-7-8-14(3)12-18/h5-6,9-10,13-14,17,19H,7-8,11-12H2,1-4H3. The van der Waals surface area contributed by atoms with Gasteiger partial charge in [0.1, 0.15) is 11.9 Å². The van der Waals surface area contributed by atoms with Gasteiger partial charge in [0.2, 0.25) is 0 Å². The summed E-state index contributed by atoms with van der Waals surface area (Å²) in [6.07, 6.45) is 3.52. The molecule has 1 saturated carbocycles. The van der Waals surface area contributed by atoms with Crippen molar-refractivity contribution in [3.8, 4) is 5.75 Å². The molecule has 0 aliphatic heterocycles. The fraction of sp³-hybridized carbons (Fsp3) is 0.667. The number of rotatable bonds is 5. The molecule has 1 fully saturated rings. The zero-order valence-electron chi connectivity index (χ0n) is 13.6. The highest BCUT2D eigenvalue weighted by Gasteiger charge is 2.43. The normalized spacial score (nSPS) is 27.6. The van der Waals surface area contributed by atoms with Gasteiger partial charge in [0.05, 0.1) is 11.7 Å². The number of hydrogen-bond donors (Lipinski definition) is 1. The molecule has 3 unspecified atom stereocenters. The largest absolute Gasteiger partial charge is 0.491 e. The Morgan fingerprint density at radius 2 is 2.00 bits per heavy atom. The molecule has 0 radical (unpaired) electrons. The first kappa shape index (κ1) is 16.3. The Balaban J connectivity index is 2.31. The Morgan fingerprint density at radius 1 is 1.29 bits per heavy atom. The number of aliphatic hydroxyl groups is 1. The van der Waals surface area contributed by atoms with E-state index in [0.717, 1.165) is 30.6 Å². The molecule has 21 heavy (non-hydrogen) atoms. The van der Waals surface area contributed by atoms with E-state index in [9.17, 15) is 5.11 Å². The molecule has 1 aliphatic carbocycles. The van der Waals surface area contributed by atoms with E-state index in [1.165, 1.54) is 6.42 Å². The van der Waals surface area contributed by atoms with Crippen LogP contribution in [-0.4, -0.2) is 23.9 Å². The fourth-order valence-corrected chi connectivity index (χ4v) is 3.44. The number of aliphatic hydroxyl groups excluding tert-OH is 1. The van der Waals surface area contributed by atoms with Crippen LogP contribution in [0.2, 0.25) is 0 Å². The van der Waals surface area contributed by atoms with Crippen molar-refractivity contribution in [3.63, 3.8) is 0 Å². The van der Waals surface area contributed by atoms with Gasteiger partial charge < -0.3 is 14.6 Å². The SMILES string of the molecule is COC1(C(O)c2ccccc2OC(C)C)CCCC(C)C1. The van der Waals surface area contributed by atoms with Crippen LogP contribution in [0.3, 0.4) is 0 Å². The summed E-state index contributed by atoms with van der Waals surface area (Å²) in [6.45, 7) is 6.23. The third-order valence-corrected chi connectivity index (χ3v) is 4.47. The lowest BCUT2D eigenvalue weighted by molar-refractivity contribution is -0.134. The first-order valence-electron chi connectivity index (χ1n) is 7.97. The summed E-state index contributed by atoms with van der Waals surface area (Å²) in [5.74, 6) is 1.33. The van der Waals surface area contributed by atoms with Crippen molar-refractivity contribution in [2.75, 3.05) is 7.11 Å². The minimum Gasteiger partial charge on any atom is -0.491 e. The minimum absolute atomic E-state index is 0.0853. The average Bonchev–Trinajstić information content (AvgIpc) is 2.46. The molecule has 118 valence electrons. The summed E-state index contributed by atoms with van der Waals surface area (Å²) < 4.78 is 11.7. The van der Waals surface area contributed by atoms with Crippen LogP contribution in [0.1, 0.15) is 58.1 Å². The van der Waals surface area contributed by atoms with Crippen LogP contribution in [0.15, 0.2) is 24.3 Å². The Kier molecular flexibility index (Phi) is 5.28. The third-order valence-electron chi connectivity index (χ3n) is 4.47. The van der Waals surface area contributed by atoms with Gasteiger partial charge in [0.25, 0.3) is 0 Å². The van der Waals surface area contributed by atoms with Gasteiger partial charge in [-0.15, -0.1) is 0 Å². The van der Waals surface area contributed by atoms with Crippen LogP contribution >= 0.6 is 0 Å². The van der Waals surface area contributed by atoms with Crippen LogP contribution < -0.4 is 4.74 Å². The smallest absolute Gasteiger partial charge is 0.125 e. The van der Waals surface area contributed by atoms with E-state index >= 15 is 0 Å². The predicted molar refractivity (Wildman–Crippen MR) is 84.5 cm³/mol.